The summed E-state index contributed by atoms with van der Waals surface area (Å²) in [5.41, 5.74) is 4.57. The zero-order chi connectivity index (χ0) is 23.7. The van der Waals surface area contributed by atoms with Crippen LogP contribution in [0.25, 0.3) is 6.08 Å². The number of rotatable bonds is 4. The highest BCUT2D eigenvalue weighted by Crippen LogP contribution is 2.31. The number of aryl methyl sites for hydroxylation is 1. The molecule has 0 saturated carbocycles. The van der Waals surface area contributed by atoms with Crippen molar-refractivity contribution in [3.05, 3.63) is 100 Å². The maximum Gasteiger partial charge on any atom is 0.335 e. The van der Waals surface area contributed by atoms with E-state index in [9.17, 15) is 14.4 Å². The summed E-state index contributed by atoms with van der Waals surface area (Å²) in [4.78, 5) is 41.3. The van der Waals surface area contributed by atoms with E-state index in [0.29, 0.717) is 10.7 Å². The molecule has 34 heavy (non-hydrogen) atoms. The van der Waals surface area contributed by atoms with E-state index in [1.165, 1.54) is 11.1 Å². The highest BCUT2D eigenvalue weighted by Gasteiger charge is 2.36. The Kier molecular flexibility index (Phi) is 5.90. The molecule has 0 aromatic heterocycles. The Hall–Kier alpha value is -3.90. The normalized spacial score (nSPS) is 17.1. The van der Waals surface area contributed by atoms with Crippen LogP contribution in [0.2, 0.25) is 5.02 Å². The molecule has 6 nitrogen and oxygen atoms in total. The van der Waals surface area contributed by atoms with Crippen LogP contribution in [-0.2, 0) is 22.6 Å². The minimum atomic E-state index is -0.781. The first-order chi connectivity index (χ1) is 16.5. The Morgan fingerprint density at radius 1 is 0.941 bits per heavy atom. The number of barbiturate groups is 1. The molecule has 0 atom stereocenters. The van der Waals surface area contributed by atoms with Crippen LogP contribution in [0, 0.1) is 0 Å². The van der Waals surface area contributed by atoms with Crippen molar-refractivity contribution in [1.29, 1.82) is 0 Å². The van der Waals surface area contributed by atoms with E-state index in [4.69, 9.17) is 11.6 Å². The fourth-order valence-corrected chi connectivity index (χ4v) is 4.53. The number of fused-ring (bicyclic) bond motifs is 1. The second kappa shape index (κ2) is 9.15. The molecule has 7 heteroatoms. The number of hydrogen-bond donors (Lipinski definition) is 1. The maximum absolute atomic E-state index is 13.1. The zero-order valence-electron chi connectivity index (χ0n) is 18.3. The van der Waals surface area contributed by atoms with E-state index in [0.717, 1.165) is 42.1 Å². The SMILES string of the molecule is O=C1NC(=O)N(c2ccc(Cl)cc2)C(=O)C1=Cc1ccc2c(c1)CCCN2Cc1ccccc1. The topological polar surface area (TPSA) is 69.7 Å². The van der Waals surface area contributed by atoms with Gasteiger partial charge < -0.3 is 4.90 Å². The standard InChI is InChI=1S/C27H22ClN3O3/c28-21-9-11-22(12-10-21)31-26(33)23(25(32)29-27(31)34)16-19-8-13-24-20(15-19)7-4-14-30(24)17-18-5-2-1-3-6-18/h1-3,5-6,8-13,15-16H,4,7,14,17H2,(H,29,32,34). The van der Waals surface area contributed by atoms with Crippen molar-refractivity contribution in [2.75, 3.05) is 16.3 Å². The average molecular weight is 472 g/mol. The molecule has 0 spiro atoms. The third-order valence-corrected chi connectivity index (χ3v) is 6.28. The second-order valence-electron chi connectivity index (χ2n) is 8.33. The largest absolute Gasteiger partial charge is 0.367 e. The molecule has 4 amide bonds. The molecule has 2 aliphatic heterocycles. The van der Waals surface area contributed by atoms with Gasteiger partial charge in [-0.3, -0.25) is 14.9 Å². The molecule has 2 heterocycles. The van der Waals surface area contributed by atoms with Gasteiger partial charge >= 0.3 is 6.03 Å². The molecule has 1 N–H and O–H groups in total. The van der Waals surface area contributed by atoms with E-state index in [1.54, 1.807) is 30.3 Å². The number of hydrogen-bond acceptors (Lipinski definition) is 4. The average Bonchev–Trinajstić information content (AvgIpc) is 2.83. The van der Waals surface area contributed by atoms with E-state index in [2.05, 4.69) is 22.3 Å². The first-order valence-corrected chi connectivity index (χ1v) is 11.5. The van der Waals surface area contributed by atoms with Gasteiger partial charge in [-0.15, -0.1) is 0 Å². The van der Waals surface area contributed by atoms with Gasteiger partial charge in [0.1, 0.15) is 5.57 Å². The summed E-state index contributed by atoms with van der Waals surface area (Å²) in [5.74, 6) is -1.37. The number of anilines is 2. The van der Waals surface area contributed by atoms with Crippen molar-refractivity contribution < 1.29 is 14.4 Å². The predicted octanol–water partition coefficient (Wildman–Crippen LogP) is 4.96. The number of urea groups is 1. The van der Waals surface area contributed by atoms with E-state index < -0.39 is 17.8 Å². The number of benzene rings is 3. The molecule has 2 aliphatic rings. The van der Waals surface area contributed by atoms with Crippen molar-refractivity contribution in [1.82, 2.24) is 5.32 Å². The quantitative estimate of drug-likeness (QED) is 0.431. The van der Waals surface area contributed by atoms with Crippen molar-refractivity contribution in [2.45, 2.75) is 19.4 Å². The van der Waals surface area contributed by atoms with Gasteiger partial charge in [0.15, 0.2) is 0 Å². The molecule has 1 fully saturated rings. The third-order valence-electron chi connectivity index (χ3n) is 6.03. The highest BCUT2D eigenvalue weighted by molar-refractivity contribution is 6.39. The molecule has 170 valence electrons. The van der Waals surface area contributed by atoms with Gasteiger partial charge in [-0.05, 0) is 72.0 Å². The maximum atomic E-state index is 13.1. The molecular weight excluding hydrogens is 450 g/mol. The van der Waals surface area contributed by atoms with Crippen molar-refractivity contribution >= 4 is 46.9 Å². The minimum Gasteiger partial charge on any atom is -0.367 e. The fourth-order valence-electron chi connectivity index (χ4n) is 4.40. The molecule has 1 saturated heterocycles. The number of carbonyl (C=O) groups is 3. The van der Waals surface area contributed by atoms with Gasteiger partial charge in [0.25, 0.3) is 11.8 Å². The lowest BCUT2D eigenvalue weighted by Crippen LogP contribution is -2.54. The lowest BCUT2D eigenvalue weighted by atomic mass is 9.97. The van der Waals surface area contributed by atoms with Gasteiger partial charge in [-0.2, -0.15) is 0 Å². The smallest absolute Gasteiger partial charge is 0.335 e. The number of carbonyl (C=O) groups excluding carboxylic acids is 3. The third kappa shape index (κ3) is 4.32. The van der Waals surface area contributed by atoms with Gasteiger partial charge in [-0.1, -0.05) is 48.0 Å². The van der Waals surface area contributed by atoms with E-state index in [1.807, 2.05) is 36.4 Å². The Morgan fingerprint density at radius 2 is 1.71 bits per heavy atom. The number of nitrogens with zero attached hydrogens (tertiary/aromatic N) is 2. The summed E-state index contributed by atoms with van der Waals surface area (Å²) in [7, 11) is 0. The molecule has 3 aromatic carbocycles. The summed E-state index contributed by atoms with van der Waals surface area (Å²) < 4.78 is 0. The molecule has 5 rings (SSSR count). The Morgan fingerprint density at radius 3 is 2.47 bits per heavy atom. The summed E-state index contributed by atoms with van der Waals surface area (Å²) in [6, 6.07) is 21.8. The van der Waals surface area contributed by atoms with Gasteiger partial charge in [0.2, 0.25) is 0 Å². The van der Waals surface area contributed by atoms with Gasteiger partial charge in [0, 0.05) is 23.8 Å². The van der Waals surface area contributed by atoms with Crippen LogP contribution in [0.3, 0.4) is 0 Å². The summed E-state index contributed by atoms with van der Waals surface area (Å²) in [6.45, 7) is 1.80. The lowest BCUT2D eigenvalue weighted by Gasteiger charge is -2.32. The lowest BCUT2D eigenvalue weighted by molar-refractivity contribution is -0.122. The van der Waals surface area contributed by atoms with Crippen LogP contribution in [0.15, 0.2) is 78.4 Å². The zero-order valence-corrected chi connectivity index (χ0v) is 19.1. The molecule has 0 bridgehead atoms. The van der Waals surface area contributed by atoms with E-state index in [-0.39, 0.29) is 5.57 Å². The number of amides is 4. The highest BCUT2D eigenvalue weighted by atomic mass is 35.5. The Balaban J connectivity index is 1.43. The van der Waals surface area contributed by atoms with Gasteiger partial charge in [-0.25, -0.2) is 9.69 Å². The first-order valence-electron chi connectivity index (χ1n) is 11.1. The van der Waals surface area contributed by atoms with Crippen LogP contribution >= 0.6 is 11.6 Å². The predicted molar refractivity (Wildman–Crippen MR) is 133 cm³/mol. The molecule has 3 aromatic rings. The number of nitrogens with one attached hydrogen (secondary N) is 1. The minimum absolute atomic E-state index is 0.0912. The summed E-state index contributed by atoms with van der Waals surface area (Å²) >= 11 is 5.92. The summed E-state index contributed by atoms with van der Waals surface area (Å²) in [5, 5.41) is 2.74. The summed E-state index contributed by atoms with van der Waals surface area (Å²) in [6.07, 6.45) is 3.49. The van der Waals surface area contributed by atoms with Gasteiger partial charge in [0.05, 0.1) is 5.69 Å². The van der Waals surface area contributed by atoms with Crippen molar-refractivity contribution in [3.63, 3.8) is 0 Å². The van der Waals surface area contributed by atoms with Crippen LogP contribution in [0.4, 0.5) is 16.2 Å². The molecular formula is C27H22ClN3O3. The molecule has 0 radical (unpaired) electrons. The number of imide groups is 2. The first kappa shape index (κ1) is 21.9. The second-order valence-corrected chi connectivity index (χ2v) is 8.77. The monoisotopic (exact) mass is 471 g/mol. The Bertz CT molecular complexity index is 1300. The van der Waals surface area contributed by atoms with Crippen LogP contribution in [0.1, 0.15) is 23.1 Å². The van der Waals surface area contributed by atoms with Crippen LogP contribution in [0.5, 0.6) is 0 Å². The van der Waals surface area contributed by atoms with Crippen LogP contribution in [-0.4, -0.2) is 24.4 Å². The molecule has 0 aliphatic carbocycles. The fraction of sp³-hybridized carbons (Fsp3) is 0.148. The Labute approximate surface area is 202 Å². The van der Waals surface area contributed by atoms with Crippen LogP contribution < -0.4 is 15.1 Å². The number of halogens is 1. The molecule has 0 unspecified atom stereocenters. The van der Waals surface area contributed by atoms with E-state index >= 15 is 0 Å². The van der Waals surface area contributed by atoms with Crippen molar-refractivity contribution in [2.24, 2.45) is 0 Å². The van der Waals surface area contributed by atoms with Crippen molar-refractivity contribution in [3.8, 4) is 0 Å².